The molecule has 1 aromatic heterocycles. The first-order valence-electron chi connectivity index (χ1n) is 5.74. The summed E-state index contributed by atoms with van der Waals surface area (Å²) in [6.07, 6.45) is 0. The minimum Gasteiger partial charge on any atom is -0.260 e. The van der Waals surface area contributed by atoms with Crippen molar-refractivity contribution < 1.29 is 0 Å². The number of thioether (sulfide) groups is 1. The van der Waals surface area contributed by atoms with Crippen LogP contribution in [-0.2, 0) is 12.8 Å². The van der Waals surface area contributed by atoms with Crippen LogP contribution in [0.15, 0.2) is 29.3 Å². The van der Waals surface area contributed by atoms with Gasteiger partial charge in [0.05, 0.1) is 5.69 Å². The number of rotatable bonds is 3. The second-order valence-electron chi connectivity index (χ2n) is 4.22. The van der Waals surface area contributed by atoms with E-state index < -0.39 is 0 Å². The third-order valence-electron chi connectivity index (χ3n) is 2.91. The lowest BCUT2D eigenvalue weighted by molar-refractivity contribution is 0.691. The van der Waals surface area contributed by atoms with E-state index in [2.05, 4.69) is 30.2 Å². The molecule has 0 unspecified atom stereocenters. The van der Waals surface area contributed by atoms with Gasteiger partial charge in [-0.25, -0.2) is 0 Å². The number of aryl methyl sites for hydroxylation is 3. The molecule has 0 aliphatic rings. The predicted molar refractivity (Wildman–Crippen MR) is 73.4 cm³/mol. The lowest BCUT2D eigenvalue weighted by Crippen LogP contribution is -1.94. The number of nitrogens with zero attached hydrogens (tertiary/aromatic N) is 3. The molecule has 92 valence electrons. The highest BCUT2D eigenvalue weighted by Crippen LogP contribution is 2.28. The fourth-order valence-electron chi connectivity index (χ4n) is 1.85. The van der Waals surface area contributed by atoms with Gasteiger partial charge in [0.25, 0.3) is 0 Å². The monoisotopic (exact) mass is 257 g/mol. The van der Waals surface area contributed by atoms with Gasteiger partial charge in [-0.05, 0) is 25.0 Å². The van der Waals surface area contributed by atoms with Gasteiger partial charge in [-0.1, -0.05) is 24.3 Å². The van der Waals surface area contributed by atoms with Gasteiger partial charge in [-0.15, -0.1) is 11.8 Å². The van der Waals surface area contributed by atoms with E-state index >= 15 is 0 Å². The normalized spacial score (nSPS) is 10.3. The fourth-order valence-corrected chi connectivity index (χ4v) is 3.03. The molecule has 0 amide bonds. The number of hydrogen-bond donors (Lipinski definition) is 0. The van der Waals surface area contributed by atoms with Crippen LogP contribution in [0.4, 0.5) is 0 Å². The molecule has 0 bridgehead atoms. The van der Waals surface area contributed by atoms with Crippen LogP contribution in [0, 0.1) is 25.2 Å². The molecular formula is C14H15N3S. The van der Waals surface area contributed by atoms with Gasteiger partial charge < -0.3 is 0 Å². The van der Waals surface area contributed by atoms with Crippen molar-refractivity contribution in [3.05, 3.63) is 46.6 Å². The summed E-state index contributed by atoms with van der Waals surface area (Å²) in [6, 6.07) is 10.5. The minimum atomic E-state index is 0.691. The molecule has 0 saturated heterocycles. The van der Waals surface area contributed by atoms with Crippen molar-refractivity contribution in [2.24, 2.45) is 7.05 Å². The predicted octanol–water partition coefficient (Wildman–Crippen LogP) is 3.20. The first-order chi connectivity index (χ1) is 8.63. The Morgan fingerprint density at radius 2 is 2.06 bits per heavy atom. The summed E-state index contributed by atoms with van der Waals surface area (Å²) in [5.41, 5.74) is 4.07. The number of benzene rings is 1. The van der Waals surface area contributed by atoms with E-state index in [1.54, 1.807) is 16.4 Å². The van der Waals surface area contributed by atoms with Gasteiger partial charge in [0.1, 0.15) is 16.7 Å². The van der Waals surface area contributed by atoms with E-state index in [4.69, 9.17) is 5.26 Å². The molecule has 0 spiro atoms. The Morgan fingerprint density at radius 3 is 2.72 bits per heavy atom. The Bertz CT molecular complexity index is 608. The van der Waals surface area contributed by atoms with Crippen LogP contribution in [-0.4, -0.2) is 9.78 Å². The highest BCUT2D eigenvalue weighted by atomic mass is 32.2. The summed E-state index contributed by atoms with van der Waals surface area (Å²) in [7, 11) is 1.88. The average Bonchev–Trinajstić information content (AvgIpc) is 2.62. The van der Waals surface area contributed by atoms with Crippen molar-refractivity contribution >= 4 is 11.8 Å². The molecule has 3 nitrogen and oxygen atoms in total. The van der Waals surface area contributed by atoms with Gasteiger partial charge in [0.2, 0.25) is 0 Å². The van der Waals surface area contributed by atoms with E-state index in [1.807, 2.05) is 26.1 Å². The SMILES string of the molecule is Cc1ccccc1CSc1c(C#N)c(C)nn1C. The first kappa shape index (κ1) is 12.7. The Labute approximate surface area is 111 Å². The molecule has 0 aliphatic heterocycles. The van der Waals surface area contributed by atoms with E-state index in [0.29, 0.717) is 5.56 Å². The molecule has 4 heteroatoms. The summed E-state index contributed by atoms with van der Waals surface area (Å²) in [6.45, 7) is 3.98. The standard InChI is InChI=1S/C14H15N3S/c1-10-6-4-5-7-12(10)9-18-14-13(8-15)11(2)16-17(14)3/h4-7H,9H2,1-3H3. The van der Waals surface area contributed by atoms with Crippen molar-refractivity contribution in [3.8, 4) is 6.07 Å². The maximum Gasteiger partial charge on any atom is 0.112 e. The molecule has 0 radical (unpaired) electrons. The Kier molecular flexibility index (Phi) is 3.73. The summed E-state index contributed by atoms with van der Waals surface area (Å²) in [4.78, 5) is 0. The molecule has 0 N–H and O–H groups in total. The number of nitriles is 1. The second kappa shape index (κ2) is 5.28. The third-order valence-corrected chi connectivity index (χ3v) is 4.10. The van der Waals surface area contributed by atoms with Crippen LogP contribution in [0.25, 0.3) is 0 Å². The molecule has 0 aliphatic carbocycles. The van der Waals surface area contributed by atoms with E-state index in [0.717, 1.165) is 16.5 Å². The van der Waals surface area contributed by atoms with Gasteiger partial charge in [0.15, 0.2) is 0 Å². The molecular weight excluding hydrogens is 242 g/mol. The summed E-state index contributed by atoms with van der Waals surface area (Å²) >= 11 is 1.66. The largest absolute Gasteiger partial charge is 0.260 e. The lowest BCUT2D eigenvalue weighted by Gasteiger charge is -2.05. The maximum atomic E-state index is 9.15. The van der Waals surface area contributed by atoms with E-state index in [1.165, 1.54) is 11.1 Å². The summed E-state index contributed by atoms with van der Waals surface area (Å²) in [5, 5.41) is 14.4. The molecule has 18 heavy (non-hydrogen) atoms. The van der Waals surface area contributed by atoms with Gasteiger partial charge in [-0.2, -0.15) is 10.4 Å². The summed E-state index contributed by atoms with van der Waals surface area (Å²) in [5.74, 6) is 0.861. The highest BCUT2D eigenvalue weighted by molar-refractivity contribution is 7.98. The van der Waals surface area contributed by atoms with Crippen molar-refractivity contribution in [2.75, 3.05) is 0 Å². The zero-order valence-corrected chi connectivity index (χ0v) is 11.6. The smallest absolute Gasteiger partial charge is 0.112 e. The van der Waals surface area contributed by atoms with Crippen molar-refractivity contribution in [1.29, 1.82) is 5.26 Å². The number of hydrogen-bond acceptors (Lipinski definition) is 3. The van der Waals surface area contributed by atoms with E-state index in [-0.39, 0.29) is 0 Å². The highest BCUT2D eigenvalue weighted by Gasteiger charge is 2.13. The minimum absolute atomic E-state index is 0.691. The molecule has 1 heterocycles. The molecule has 0 atom stereocenters. The first-order valence-corrected chi connectivity index (χ1v) is 6.73. The zero-order chi connectivity index (χ0) is 13.1. The van der Waals surface area contributed by atoms with Crippen LogP contribution in [0.3, 0.4) is 0 Å². The molecule has 0 fully saturated rings. The van der Waals surface area contributed by atoms with Crippen LogP contribution in [0.5, 0.6) is 0 Å². The van der Waals surface area contributed by atoms with Crippen LogP contribution >= 0.6 is 11.8 Å². The topological polar surface area (TPSA) is 41.6 Å². The van der Waals surface area contributed by atoms with E-state index in [9.17, 15) is 0 Å². The molecule has 0 saturated carbocycles. The van der Waals surface area contributed by atoms with Gasteiger partial charge in [-0.3, -0.25) is 4.68 Å². The van der Waals surface area contributed by atoms with Crippen molar-refractivity contribution in [1.82, 2.24) is 9.78 Å². The van der Waals surface area contributed by atoms with Crippen LogP contribution < -0.4 is 0 Å². The summed E-state index contributed by atoms with van der Waals surface area (Å²) < 4.78 is 1.79. The van der Waals surface area contributed by atoms with Crippen molar-refractivity contribution in [3.63, 3.8) is 0 Å². The maximum absolute atomic E-state index is 9.15. The molecule has 1 aromatic carbocycles. The molecule has 2 rings (SSSR count). The fraction of sp³-hybridized carbons (Fsp3) is 0.286. The van der Waals surface area contributed by atoms with Gasteiger partial charge in [0, 0.05) is 12.8 Å². The Morgan fingerprint density at radius 1 is 1.33 bits per heavy atom. The quantitative estimate of drug-likeness (QED) is 0.793. The van der Waals surface area contributed by atoms with Crippen LogP contribution in [0.2, 0.25) is 0 Å². The zero-order valence-electron chi connectivity index (χ0n) is 10.8. The lowest BCUT2D eigenvalue weighted by atomic mass is 10.1. The average molecular weight is 257 g/mol. The second-order valence-corrected chi connectivity index (χ2v) is 5.18. The third kappa shape index (κ3) is 2.41. The number of aromatic nitrogens is 2. The Hall–Kier alpha value is -1.73. The van der Waals surface area contributed by atoms with Crippen LogP contribution in [0.1, 0.15) is 22.4 Å². The Balaban J connectivity index is 2.22. The van der Waals surface area contributed by atoms with Crippen molar-refractivity contribution in [2.45, 2.75) is 24.6 Å². The molecule has 2 aromatic rings. The van der Waals surface area contributed by atoms with Gasteiger partial charge >= 0.3 is 0 Å².